The molecule has 1 aromatic heterocycles. The van der Waals surface area contributed by atoms with E-state index in [1.807, 2.05) is 0 Å². The Morgan fingerprint density at radius 2 is 1.68 bits per heavy atom. The van der Waals surface area contributed by atoms with Gasteiger partial charge in [0.2, 0.25) is 0 Å². The lowest BCUT2D eigenvalue weighted by molar-refractivity contribution is -0.145. The second-order valence-electron chi connectivity index (χ2n) is 6.43. The van der Waals surface area contributed by atoms with Crippen molar-refractivity contribution in [3.05, 3.63) is 46.8 Å². The molecular formula is C16H12F7NO3S. The van der Waals surface area contributed by atoms with Gasteiger partial charge in [0.15, 0.2) is 9.84 Å². The molecule has 0 amide bonds. The fourth-order valence-electron chi connectivity index (χ4n) is 3.36. The summed E-state index contributed by atoms with van der Waals surface area (Å²) in [5.41, 5.74) is -4.36. The zero-order chi connectivity index (χ0) is 21.2. The average molecular weight is 431 g/mol. The Morgan fingerprint density at radius 3 is 2.14 bits per heavy atom. The smallest absolute Gasteiger partial charge is 0.382 e. The van der Waals surface area contributed by atoms with Crippen molar-refractivity contribution in [3.8, 4) is 5.69 Å². The Morgan fingerprint density at radius 1 is 1.14 bits per heavy atom. The number of aromatic nitrogens is 1. The molecule has 1 aromatic carbocycles. The molecule has 0 bridgehead atoms. The number of benzene rings is 1. The molecule has 0 saturated heterocycles. The van der Waals surface area contributed by atoms with E-state index in [1.165, 1.54) is 0 Å². The highest BCUT2D eigenvalue weighted by Crippen LogP contribution is 2.50. The fourth-order valence-corrected chi connectivity index (χ4v) is 4.55. The van der Waals surface area contributed by atoms with Gasteiger partial charge >= 0.3 is 6.18 Å². The van der Waals surface area contributed by atoms with Crippen molar-refractivity contribution < 1.29 is 44.3 Å². The van der Waals surface area contributed by atoms with Crippen LogP contribution in [0.2, 0.25) is 0 Å². The summed E-state index contributed by atoms with van der Waals surface area (Å²) >= 11 is 0. The number of halogens is 7. The van der Waals surface area contributed by atoms with E-state index in [0.29, 0.717) is 24.5 Å². The second kappa shape index (κ2) is 6.21. The highest BCUT2D eigenvalue weighted by Gasteiger charge is 2.52. The summed E-state index contributed by atoms with van der Waals surface area (Å²) in [6.07, 6.45) is -9.69. The molecule has 4 nitrogen and oxygen atoms in total. The van der Waals surface area contributed by atoms with Crippen LogP contribution < -0.4 is 0 Å². The molecule has 12 heteroatoms. The third-order valence-corrected chi connectivity index (χ3v) is 5.53. The molecule has 0 radical (unpaired) electrons. The number of hydrogen-bond donors (Lipinski definition) is 1. The van der Waals surface area contributed by atoms with Gasteiger partial charge in [0.1, 0.15) is 28.3 Å². The summed E-state index contributed by atoms with van der Waals surface area (Å²) in [7, 11) is -4.77. The number of hydrogen-bond acceptors (Lipinski definition) is 3. The van der Waals surface area contributed by atoms with Gasteiger partial charge in [0.25, 0.3) is 5.92 Å². The van der Waals surface area contributed by atoms with Crippen LogP contribution >= 0.6 is 0 Å². The summed E-state index contributed by atoms with van der Waals surface area (Å²) in [6.45, 7) is 0. The van der Waals surface area contributed by atoms with Gasteiger partial charge in [0.05, 0.1) is 5.69 Å². The number of sulfone groups is 1. The number of rotatable bonds is 2. The molecule has 0 spiro atoms. The quantitative estimate of drug-likeness (QED) is 0.737. The highest BCUT2D eigenvalue weighted by molar-refractivity contribution is 7.90. The zero-order valence-corrected chi connectivity index (χ0v) is 14.8. The normalized spacial score (nSPS) is 19.5. The fraction of sp³-hybridized carbons (Fsp3) is 0.375. The molecule has 1 aliphatic carbocycles. The maximum atomic E-state index is 14.0. The van der Waals surface area contributed by atoms with Crippen molar-refractivity contribution in [3.63, 3.8) is 0 Å². The van der Waals surface area contributed by atoms with Crippen LogP contribution in [0.1, 0.15) is 29.5 Å². The Kier molecular flexibility index (Phi) is 4.58. The van der Waals surface area contributed by atoms with Crippen molar-refractivity contribution in [2.75, 3.05) is 6.26 Å². The molecule has 2 aromatic rings. The highest BCUT2D eigenvalue weighted by atomic mass is 32.2. The largest absolute Gasteiger partial charge is 0.433 e. The summed E-state index contributed by atoms with van der Waals surface area (Å²) in [4.78, 5) is -1.54. The maximum absolute atomic E-state index is 14.0. The van der Waals surface area contributed by atoms with E-state index in [0.717, 1.165) is 0 Å². The van der Waals surface area contributed by atoms with Gasteiger partial charge in [-0.2, -0.15) is 13.2 Å². The predicted octanol–water partition coefficient (Wildman–Crippen LogP) is 3.79. The minimum absolute atomic E-state index is 0.177. The van der Waals surface area contributed by atoms with Gasteiger partial charge in [-0.15, -0.1) is 0 Å². The summed E-state index contributed by atoms with van der Waals surface area (Å²) in [6, 6.07) is 1.39. The third kappa shape index (κ3) is 3.28. The molecule has 3 rings (SSSR count). The van der Waals surface area contributed by atoms with Gasteiger partial charge < -0.3 is 9.67 Å². The van der Waals surface area contributed by atoms with Crippen molar-refractivity contribution in [2.45, 2.75) is 35.9 Å². The van der Waals surface area contributed by atoms with Crippen molar-refractivity contribution in [1.82, 2.24) is 4.57 Å². The summed E-state index contributed by atoms with van der Waals surface area (Å²) < 4.78 is 121. The van der Waals surface area contributed by atoms with Gasteiger partial charge in [-0.3, -0.25) is 0 Å². The molecule has 1 aliphatic rings. The summed E-state index contributed by atoms with van der Waals surface area (Å²) in [5, 5.41) is 9.95. The number of aliphatic hydroxyl groups is 1. The van der Waals surface area contributed by atoms with E-state index >= 15 is 0 Å². The monoisotopic (exact) mass is 431 g/mol. The first kappa shape index (κ1) is 20.6. The standard InChI is InChI=1S/C16H12F7NO3S/c1-28(26,27)12-11-10(2-3-15(19,20)14(11)25)24(13(12)16(21,22)23)9-5-7(17)4-8(18)6-9/h4-6,14,25H,2-3H2,1H3. The Balaban J connectivity index is 2.54. The van der Waals surface area contributed by atoms with Crippen LogP contribution in [0.3, 0.4) is 0 Å². The van der Waals surface area contributed by atoms with Gasteiger partial charge in [-0.25, -0.2) is 26.0 Å². The van der Waals surface area contributed by atoms with E-state index in [9.17, 15) is 44.3 Å². The first-order valence-electron chi connectivity index (χ1n) is 7.71. The zero-order valence-electron chi connectivity index (χ0n) is 14.0. The molecule has 1 unspecified atom stereocenters. The number of alkyl halides is 5. The number of aliphatic hydroxyl groups excluding tert-OH is 1. The van der Waals surface area contributed by atoms with E-state index in [1.54, 1.807) is 0 Å². The lowest BCUT2D eigenvalue weighted by Gasteiger charge is -2.29. The SMILES string of the molecule is CS(=O)(=O)c1c2c(n(-c3cc(F)cc(F)c3)c1C(F)(F)F)CCC(F)(F)C2O. The van der Waals surface area contributed by atoms with Crippen molar-refractivity contribution in [2.24, 2.45) is 0 Å². The second-order valence-corrected chi connectivity index (χ2v) is 8.39. The van der Waals surface area contributed by atoms with Gasteiger partial charge in [0, 0.05) is 30.0 Å². The first-order chi connectivity index (χ1) is 12.6. The Labute approximate surface area is 154 Å². The van der Waals surface area contributed by atoms with E-state index in [4.69, 9.17) is 0 Å². The van der Waals surface area contributed by atoms with E-state index in [2.05, 4.69) is 0 Å². The molecular weight excluding hydrogens is 419 g/mol. The van der Waals surface area contributed by atoms with E-state index in [-0.39, 0.29) is 4.57 Å². The van der Waals surface area contributed by atoms with Crippen molar-refractivity contribution in [1.29, 1.82) is 0 Å². The van der Waals surface area contributed by atoms with Crippen LogP contribution in [0, 0.1) is 11.6 Å². The lowest BCUT2D eigenvalue weighted by Crippen LogP contribution is -2.32. The molecule has 1 N–H and O–H groups in total. The van der Waals surface area contributed by atoms with Crippen LogP contribution in [0.4, 0.5) is 30.7 Å². The van der Waals surface area contributed by atoms with E-state index < -0.39 is 80.1 Å². The molecule has 0 aliphatic heterocycles. The summed E-state index contributed by atoms with van der Waals surface area (Å²) in [5.74, 6) is -6.39. The topological polar surface area (TPSA) is 59.3 Å². The molecule has 0 fully saturated rings. The van der Waals surface area contributed by atoms with Crippen LogP contribution in [-0.4, -0.2) is 30.3 Å². The maximum Gasteiger partial charge on any atom is 0.433 e. The minimum atomic E-state index is -5.40. The molecule has 154 valence electrons. The Bertz CT molecular complexity index is 1040. The molecule has 1 heterocycles. The molecule has 0 saturated carbocycles. The lowest BCUT2D eigenvalue weighted by atomic mass is 9.91. The van der Waals surface area contributed by atoms with Crippen LogP contribution in [0.5, 0.6) is 0 Å². The number of nitrogens with zero attached hydrogens (tertiary/aromatic N) is 1. The third-order valence-electron chi connectivity index (χ3n) is 4.38. The van der Waals surface area contributed by atoms with Crippen LogP contribution in [0.25, 0.3) is 5.69 Å². The van der Waals surface area contributed by atoms with Crippen LogP contribution in [0.15, 0.2) is 23.1 Å². The average Bonchev–Trinajstić information content (AvgIpc) is 2.86. The van der Waals surface area contributed by atoms with Gasteiger partial charge in [-0.05, 0) is 18.6 Å². The predicted molar refractivity (Wildman–Crippen MR) is 82.0 cm³/mol. The Hall–Kier alpha value is -2.08. The van der Waals surface area contributed by atoms with Crippen LogP contribution in [-0.2, 0) is 22.4 Å². The molecule has 28 heavy (non-hydrogen) atoms. The van der Waals surface area contributed by atoms with Crippen molar-refractivity contribution >= 4 is 9.84 Å². The first-order valence-corrected chi connectivity index (χ1v) is 9.61. The van der Waals surface area contributed by atoms with Gasteiger partial charge in [-0.1, -0.05) is 0 Å². The minimum Gasteiger partial charge on any atom is -0.382 e. The molecule has 1 atom stereocenters. The number of fused-ring (bicyclic) bond motifs is 1.